The molecule has 1 amide bonds. The van der Waals surface area contributed by atoms with Crippen molar-refractivity contribution < 1.29 is 9.18 Å². The Hall–Kier alpha value is -3.30. The molecule has 2 aromatic heterocycles. The maximum Gasteiger partial charge on any atom is 0.243 e. The lowest BCUT2D eigenvalue weighted by Crippen LogP contribution is -2.42. The Bertz CT molecular complexity index is 1260. The Balaban J connectivity index is 1.68. The van der Waals surface area contributed by atoms with Gasteiger partial charge < -0.3 is 16.0 Å². The number of aromatic nitrogens is 4. The van der Waals surface area contributed by atoms with Crippen LogP contribution in [0.3, 0.4) is 0 Å². The number of anilines is 1. The van der Waals surface area contributed by atoms with Crippen molar-refractivity contribution in [3.63, 3.8) is 0 Å². The summed E-state index contributed by atoms with van der Waals surface area (Å²) in [5, 5.41) is 14.9. The van der Waals surface area contributed by atoms with Crippen molar-refractivity contribution in [2.45, 2.75) is 6.04 Å². The SMILES string of the molecule is O=C1NCCNC[C@@H]1Nc1nc2cccc(Cl)c2c2nc(-c3ccc(F)cc3)nn12. The average molecular weight is 426 g/mol. The fraction of sp³-hybridized carbons (Fsp3) is 0.200. The lowest BCUT2D eigenvalue weighted by atomic mass is 10.2. The van der Waals surface area contributed by atoms with E-state index in [1.54, 1.807) is 24.3 Å². The topological polar surface area (TPSA) is 96.2 Å². The molecule has 1 fully saturated rings. The van der Waals surface area contributed by atoms with E-state index in [9.17, 15) is 9.18 Å². The fourth-order valence-electron chi connectivity index (χ4n) is 3.43. The van der Waals surface area contributed by atoms with Crippen LogP contribution >= 0.6 is 11.6 Å². The molecule has 1 aliphatic heterocycles. The molecule has 152 valence electrons. The summed E-state index contributed by atoms with van der Waals surface area (Å²) in [6, 6.07) is 10.8. The van der Waals surface area contributed by atoms with Gasteiger partial charge in [0.2, 0.25) is 11.9 Å². The number of carbonyl (C=O) groups is 1. The Morgan fingerprint density at radius 1 is 1.13 bits per heavy atom. The molecule has 1 saturated heterocycles. The molecular formula is C20H17ClFN7O. The molecule has 3 heterocycles. The number of benzene rings is 2. The van der Waals surface area contributed by atoms with E-state index in [4.69, 9.17) is 11.6 Å². The van der Waals surface area contributed by atoms with E-state index >= 15 is 0 Å². The third kappa shape index (κ3) is 3.31. The fourth-order valence-corrected chi connectivity index (χ4v) is 3.69. The summed E-state index contributed by atoms with van der Waals surface area (Å²) in [5.41, 5.74) is 1.77. The number of halogens is 2. The summed E-state index contributed by atoms with van der Waals surface area (Å²) in [5.74, 6) is 0.298. The number of nitrogens with zero attached hydrogens (tertiary/aromatic N) is 4. The predicted molar refractivity (Wildman–Crippen MR) is 112 cm³/mol. The number of carbonyl (C=O) groups excluding carboxylic acids is 1. The Morgan fingerprint density at radius 2 is 1.97 bits per heavy atom. The molecule has 0 saturated carbocycles. The van der Waals surface area contributed by atoms with Crippen LogP contribution in [-0.2, 0) is 4.79 Å². The summed E-state index contributed by atoms with van der Waals surface area (Å²) >= 11 is 6.44. The summed E-state index contributed by atoms with van der Waals surface area (Å²) in [6.07, 6.45) is 0. The number of rotatable bonds is 3. The van der Waals surface area contributed by atoms with Gasteiger partial charge in [0.1, 0.15) is 11.9 Å². The molecule has 5 rings (SSSR count). The van der Waals surface area contributed by atoms with Gasteiger partial charge in [-0.25, -0.2) is 14.4 Å². The summed E-state index contributed by atoms with van der Waals surface area (Å²) in [4.78, 5) is 21.7. The molecule has 4 aromatic rings. The largest absolute Gasteiger partial charge is 0.353 e. The Labute approximate surface area is 175 Å². The van der Waals surface area contributed by atoms with Gasteiger partial charge in [0, 0.05) is 25.2 Å². The lowest BCUT2D eigenvalue weighted by Gasteiger charge is -2.16. The first kappa shape index (κ1) is 18.7. The molecule has 30 heavy (non-hydrogen) atoms. The van der Waals surface area contributed by atoms with Crippen LogP contribution in [0.5, 0.6) is 0 Å². The van der Waals surface area contributed by atoms with Crippen LogP contribution in [0.15, 0.2) is 42.5 Å². The normalized spacial score (nSPS) is 17.1. The van der Waals surface area contributed by atoms with Gasteiger partial charge in [0.15, 0.2) is 11.5 Å². The quantitative estimate of drug-likeness (QED) is 0.466. The van der Waals surface area contributed by atoms with Crippen molar-refractivity contribution in [2.24, 2.45) is 0 Å². The van der Waals surface area contributed by atoms with Crippen LogP contribution in [0.4, 0.5) is 10.3 Å². The summed E-state index contributed by atoms with van der Waals surface area (Å²) < 4.78 is 14.9. The van der Waals surface area contributed by atoms with Crippen LogP contribution < -0.4 is 16.0 Å². The van der Waals surface area contributed by atoms with Crippen molar-refractivity contribution in [2.75, 3.05) is 25.0 Å². The molecule has 0 aliphatic carbocycles. The number of fused-ring (bicyclic) bond motifs is 3. The number of amides is 1. The molecule has 3 N–H and O–H groups in total. The van der Waals surface area contributed by atoms with Crippen LogP contribution in [0, 0.1) is 5.82 Å². The second-order valence-corrected chi connectivity index (χ2v) is 7.35. The zero-order valence-corrected chi connectivity index (χ0v) is 16.4. The van der Waals surface area contributed by atoms with E-state index in [-0.39, 0.29) is 11.7 Å². The molecule has 0 spiro atoms. The van der Waals surface area contributed by atoms with Crippen LogP contribution in [-0.4, -0.2) is 51.2 Å². The molecule has 0 unspecified atom stereocenters. The van der Waals surface area contributed by atoms with Crippen LogP contribution in [0.2, 0.25) is 5.02 Å². The monoisotopic (exact) mass is 425 g/mol. The Morgan fingerprint density at radius 3 is 2.80 bits per heavy atom. The van der Waals surface area contributed by atoms with Gasteiger partial charge in [-0.1, -0.05) is 17.7 Å². The molecule has 10 heteroatoms. The highest BCUT2D eigenvalue weighted by molar-refractivity contribution is 6.36. The van der Waals surface area contributed by atoms with Gasteiger partial charge >= 0.3 is 0 Å². The highest BCUT2D eigenvalue weighted by atomic mass is 35.5. The molecule has 1 aliphatic rings. The minimum absolute atomic E-state index is 0.125. The average Bonchev–Trinajstić information content (AvgIpc) is 3.08. The molecular weight excluding hydrogens is 409 g/mol. The number of hydrogen-bond donors (Lipinski definition) is 3. The number of hydrogen-bond acceptors (Lipinski definition) is 6. The lowest BCUT2D eigenvalue weighted by molar-refractivity contribution is -0.121. The smallest absolute Gasteiger partial charge is 0.243 e. The molecule has 8 nitrogen and oxygen atoms in total. The van der Waals surface area contributed by atoms with Crippen LogP contribution in [0.25, 0.3) is 27.9 Å². The maximum absolute atomic E-state index is 13.3. The zero-order valence-electron chi connectivity index (χ0n) is 15.7. The van der Waals surface area contributed by atoms with E-state index in [1.165, 1.54) is 16.6 Å². The second-order valence-electron chi connectivity index (χ2n) is 6.94. The summed E-state index contributed by atoms with van der Waals surface area (Å²) in [6.45, 7) is 1.70. The first-order valence-corrected chi connectivity index (χ1v) is 9.84. The highest BCUT2D eigenvalue weighted by Gasteiger charge is 2.24. The van der Waals surface area contributed by atoms with E-state index in [0.29, 0.717) is 58.5 Å². The maximum atomic E-state index is 13.3. The van der Waals surface area contributed by atoms with Gasteiger partial charge in [-0.05, 0) is 36.4 Å². The van der Waals surface area contributed by atoms with Crippen molar-refractivity contribution in [1.82, 2.24) is 30.2 Å². The molecule has 0 bridgehead atoms. The zero-order chi connectivity index (χ0) is 20.7. The van der Waals surface area contributed by atoms with Gasteiger partial charge in [-0.2, -0.15) is 4.52 Å². The highest BCUT2D eigenvalue weighted by Crippen LogP contribution is 2.29. The van der Waals surface area contributed by atoms with E-state index in [2.05, 4.69) is 31.0 Å². The molecule has 1 atom stereocenters. The Kier molecular flexibility index (Phi) is 4.68. The summed E-state index contributed by atoms with van der Waals surface area (Å²) in [7, 11) is 0. The first-order valence-electron chi connectivity index (χ1n) is 9.46. The van der Waals surface area contributed by atoms with Gasteiger partial charge in [0.25, 0.3) is 0 Å². The molecule has 2 aromatic carbocycles. The third-order valence-corrected chi connectivity index (χ3v) is 5.24. The van der Waals surface area contributed by atoms with Crippen molar-refractivity contribution in [3.8, 4) is 11.4 Å². The van der Waals surface area contributed by atoms with Crippen molar-refractivity contribution in [1.29, 1.82) is 0 Å². The minimum atomic E-state index is -0.529. The van der Waals surface area contributed by atoms with Crippen molar-refractivity contribution >= 4 is 40.0 Å². The van der Waals surface area contributed by atoms with Crippen molar-refractivity contribution in [3.05, 3.63) is 53.3 Å². The predicted octanol–water partition coefficient (Wildman–Crippen LogP) is 2.24. The first-order chi connectivity index (χ1) is 14.6. The van der Waals surface area contributed by atoms with Gasteiger partial charge in [-0.3, -0.25) is 4.79 Å². The second kappa shape index (κ2) is 7.51. The standard InChI is InChI=1S/C20H17ClFN7O/c21-13-2-1-3-14-16(13)18-27-17(11-4-6-12(22)7-5-11)28-29(18)20(25-14)26-15-10-23-8-9-24-19(15)30/h1-7,15,23H,8-10H2,(H,24,30)(H,25,26)/t15-/m0/s1. The number of nitrogens with one attached hydrogen (secondary N) is 3. The van der Waals surface area contributed by atoms with E-state index < -0.39 is 6.04 Å². The van der Waals surface area contributed by atoms with Crippen LogP contribution in [0.1, 0.15) is 0 Å². The van der Waals surface area contributed by atoms with Gasteiger partial charge in [0.05, 0.1) is 15.9 Å². The van der Waals surface area contributed by atoms with Gasteiger partial charge in [-0.15, -0.1) is 5.10 Å². The minimum Gasteiger partial charge on any atom is -0.353 e. The van der Waals surface area contributed by atoms with E-state index in [1.807, 2.05) is 6.07 Å². The molecule has 0 radical (unpaired) electrons. The van der Waals surface area contributed by atoms with E-state index in [0.717, 1.165) is 0 Å². The third-order valence-electron chi connectivity index (χ3n) is 4.92.